The van der Waals surface area contributed by atoms with Crippen molar-refractivity contribution in [1.82, 2.24) is 9.71 Å². The van der Waals surface area contributed by atoms with Crippen molar-refractivity contribution in [1.29, 1.82) is 0 Å². The molecule has 1 aromatic heterocycles. The molecule has 0 aromatic carbocycles. The maximum absolute atomic E-state index is 12.3. The molecule has 1 aromatic rings. The molecule has 6 heteroatoms. The van der Waals surface area contributed by atoms with Gasteiger partial charge in [0.25, 0.3) is 0 Å². The van der Waals surface area contributed by atoms with Crippen LogP contribution in [0, 0.1) is 5.92 Å². The zero-order chi connectivity index (χ0) is 14.5. The van der Waals surface area contributed by atoms with Crippen molar-refractivity contribution in [3.63, 3.8) is 0 Å². The van der Waals surface area contributed by atoms with Crippen LogP contribution < -0.4 is 10.0 Å². The van der Waals surface area contributed by atoms with E-state index in [9.17, 15) is 8.42 Å². The summed E-state index contributed by atoms with van der Waals surface area (Å²) in [6.45, 7) is 8.54. The topological polar surface area (TPSA) is 71.1 Å². The van der Waals surface area contributed by atoms with Gasteiger partial charge < -0.3 is 5.32 Å². The molecule has 0 aliphatic heterocycles. The lowest BCUT2D eigenvalue weighted by molar-refractivity contribution is 0.482. The lowest BCUT2D eigenvalue weighted by Gasteiger charge is -2.17. The van der Waals surface area contributed by atoms with Gasteiger partial charge in [0, 0.05) is 18.8 Å². The molecule has 0 fully saturated rings. The normalized spacial score (nSPS) is 13.5. The van der Waals surface area contributed by atoms with Crippen LogP contribution in [0.5, 0.6) is 0 Å². The predicted octanol–water partition coefficient (Wildman–Crippen LogP) is 2.23. The van der Waals surface area contributed by atoms with Gasteiger partial charge in [0.2, 0.25) is 10.0 Å². The van der Waals surface area contributed by atoms with E-state index in [-0.39, 0.29) is 10.9 Å². The van der Waals surface area contributed by atoms with Crippen molar-refractivity contribution in [2.24, 2.45) is 5.92 Å². The molecule has 1 rings (SSSR count). The number of anilines is 1. The zero-order valence-electron chi connectivity index (χ0n) is 12.0. The monoisotopic (exact) mass is 285 g/mol. The molecule has 0 bridgehead atoms. The van der Waals surface area contributed by atoms with Crippen LogP contribution in [-0.2, 0) is 10.0 Å². The van der Waals surface area contributed by atoms with Gasteiger partial charge in [0.15, 0.2) is 0 Å². The molecule has 0 aliphatic rings. The van der Waals surface area contributed by atoms with Crippen molar-refractivity contribution in [2.75, 3.05) is 11.9 Å². The summed E-state index contributed by atoms with van der Waals surface area (Å²) >= 11 is 0. The van der Waals surface area contributed by atoms with Crippen LogP contribution in [0.15, 0.2) is 23.2 Å². The molecule has 0 saturated heterocycles. The van der Waals surface area contributed by atoms with Crippen LogP contribution in [-0.4, -0.2) is 26.0 Å². The third kappa shape index (κ3) is 4.80. The van der Waals surface area contributed by atoms with E-state index >= 15 is 0 Å². The molecule has 0 saturated carbocycles. The molecule has 1 atom stereocenters. The molecule has 0 spiro atoms. The highest BCUT2D eigenvalue weighted by Crippen LogP contribution is 2.18. The predicted molar refractivity (Wildman–Crippen MR) is 77.6 cm³/mol. The minimum Gasteiger partial charge on any atom is -0.369 e. The molecule has 0 amide bonds. The van der Waals surface area contributed by atoms with Crippen LogP contribution in [0.4, 0.5) is 5.82 Å². The highest BCUT2D eigenvalue weighted by atomic mass is 32.2. The number of aromatic nitrogens is 1. The van der Waals surface area contributed by atoms with Gasteiger partial charge >= 0.3 is 0 Å². The van der Waals surface area contributed by atoms with Gasteiger partial charge in [-0.3, -0.25) is 0 Å². The van der Waals surface area contributed by atoms with E-state index in [0.717, 1.165) is 6.42 Å². The molecule has 5 nitrogen and oxygen atoms in total. The third-order valence-electron chi connectivity index (χ3n) is 2.59. The van der Waals surface area contributed by atoms with Crippen LogP contribution in [0.1, 0.15) is 34.1 Å². The molecule has 1 unspecified atom stereocenters. The Morgan fingerprint density at radius 2 is 2.00 bits per heavy atom. The Hall–Kier alpha value is -1.14. The molecule has 0 radical (unpaired) electrons. The van der Waals surface area contributed by atoms with Crippen molar-refractivity contribution >= 4 is 15.8 Å². The molecule has 108 valence electrons. The summed E-state index contributed by atoms with van der Waals surface area (Å²) in [5.74, 6) is 0.842. The highest BCUT2D eigenvalue weighted by Gasteiger charge is 2.21. The first kappa shape index (κ1) is 15.9. The third-order valence-corrected chi connectivity index (χ3v) is 4.21. The molecular weight excluding hydrogens is 262 g/mol. The average molecular weight is 285 g/mol. The average Bonchev–Trinajstić information content (AvgIpc) is 2.27. The van der Waals surface area contributed by atoms with Crippen molar-refractivity contribution < 1.29 is 8.42 Å². The lowest BCUT2D eigenvalue weighted by atomic mass is 10.1. The number of pyridine rings is 1. The minimum atomic E-state index is -3.53. The SMILES string of the molecule is CCNc1ncccc1S(=O)(=O)NC(C)CC(C)C. The van der Waals surface area contributed by atoms with E-state index in [2.05, 4.69) is 28.9 Å². The molecule has 0 aliphatic carbocycles. The van der Waals surface area contributed by atoms with Crippen LogP contribution >= 0.6 is 0 Å². The van der Waals surface area contributed by atoms with Crippen LogP contribution in [0.3, 0.4) is 0 Å². The van der Waals surface area contributed by atoms with Gasteiger partial charge in [-0.2, -0.15) is 0 Å². The van der Waals surface area contributed by atoms with Gasteiger partial charge in [-0.25, -0.2) is 18.1 Å². The van der Waals surface area contributed by atoms with Crippen molar-refractivity contribution in [3.8, 4) is 0 Å². The number of nitrogens with zero attached hydrogens (tertiary/aromatic N) is 1. The Balaban J connectivity index is 2.94. The summed E-state index contributed by atoms with van der Waals surface area (Å²) in [5.41, 5.74) is 0. The smallest absolute Gasteiger partial charge is 0.244 e. The Morgan fingerprint density at radius 3 is 2.58 bits per heavy atom. The zero-order valence-corrected chi connectivity index (χ0v) is 12.8. The Kier molecular flexibility index (Phi) is 5.75. The maximum atomic E-state index is 12.3. The number of nitrogens with one attached hydrogen (secondary N) is 2. The van der Waals surface area contributed by atoms with Gasteiger partial charge in [-0.1, -0.05) is 13.8 Å². The van der Waals surface area contributed by atoms with Gasteiger partial charge in [0.05, 0.1) is 0 Å². The number of rotatable bonds is 7. The van der Waals surface area contributed by atoms with Gasteiger partial charge in [0.1, 0.15) is 10.7 Å². The number of hydrogen-bond donors (Lipinski definition) is 2. The number of hydrogen-bond acceptors (Lipinski definition) is 4. The van der Waals surface area contributed by atoms with E-state index in [1.165, 1.54) is 0 Å². The van der Waals surface area contributed by atoms with E-state index in [1.807, 2.05) is 13.8 Å². The Bertz CT molecular complexity index is 500. The summed E-state index contributed by atoms with van der Waals surface area (Å²) in [6.07, 6.45) is 2.38. The fourth-order valence-electron chi connectivity index (χ4n) is 1.99. The summed E-state index contributed by atoms with van der Waals surface area (Å²) < 4.78 is 27.4. The van der Waals surface area contributed by atoms with Gasteiger partial charge in [-0.05, 0) is 38.3 Å². The maximum Gasteiger partial charge on any atom is 0.244 e. The molecule has 19 heavy (non-hydrogen) atoms. The largest absolute Gasteiger partial charge is 0.369 e. The first-order valence-electron chi connectivity index (χ1n) is 6.58. The second-order valence-electron chi connectivity index (χ2n) is 5.03. The fraction of sp³-hybridized carbons (Fsp3) is 0.615. The van der Waals surface area contributed by atoms with Crippen molar-refractivity contribution in [2.45, 2.75) is 45.1 Å². The minimum absolute atomic E-state index is 0.0975. The quantitative estimate of drug-likeness (QED) is 0.806. The first-order valence-corrected chi connectivity index (χ1v) is 8.06. The van der Waals surface area contributed by atoms with Crippen LogP contribution in [0.25, 0.3) is 0 Å². The summed E-state index contributed by atoms with van der Waals surface area (Å²) in [7, 11) is -3.53. The second-order valence-corrected chi connectivity index (χ2v) is 6.71. The Morgan fingerprint density at radius 1 is 1.32 bits per heavy atom. The standard InChI is InChI=1S/C13H23N3O2S/c1-5-14-13-12(7-6-8-15-13)19(17,18)16-11(4)9-10(2)3/h6-8,10-11,16H,5,9H2,1-4H3,(H,14,15). The molecule has 2 N–H and O–H groups in total. The summed E-state index contributed by atoms with van der Waals surface area (Å²) in [5, 5.41) is 2.97. The summed E-state index contributed by atoms with van der Waals surface area (Å²) in [6, 6.07) is 3.09. The first-order chi connectivity index (χ1) is 8.86. The summed E-state index contributed by atoms with van der Waals surface area (Å²) in [4.78, 5) is 4.27. The van der Waals surface area contributed by atoms with E-state index < -0.39 is 10.0 Å². The second kappa shape index (κ2) is 6.86. The van der Waals surface area contributed by atoms with Gasteiger partial charge in [-0.15, -0.1) is 0 Å². The lowest BCUT2D eigenvalue weighted by Crippen LogP contribution is -2.34. The highest BCUT2D eigenvalue weighted by molar-refractivity contribution is 7.89. The van der Waals surface area contributed by atoms with E-state index in [1.54, 1.807) is 18.3 Å². The van der Waals surface area contributed by atoms with E-state index in [0.29, 0.717) is 18.3 Å². The fourth-order valence-corrected chi connectivity index (χ4v) is 3.38. The van der Waals surface area contributed by atoms with E-state index in [4.69, 9.17) is 0 Å². The van der Waals surface area contributed by atoms with Crippen molar-refractivity contribution in [3.05, 3.63) is 18.3 Å². The molecular formula is C13H23N3O2S. The number of sulfonamides is 1. The Labute approximate surface area is 115 Å². The van der Waals surface area contributed by atoms with Crippen LogP contribution in [0.2, 0.25) is 0 Å². The molecule has 1 heterocycles.